The van der Waals surface area contributed by atoms with Gasteiger partial charge < -0.3 is 15.4 Å². The van der Waals surface area contributed by atoms with Crippen LogP contribution in [0.1, 0.15) is 34.8 Å². The molecule has 3 aromatic rings. The van der Waals surface area contributed by atoms with E-state index in [1.807, 2.05) is 30.3 Å². The number of hydrogen-bond donors (Lipinski definition) is 2. The molecule has 2 aliphatic rings. The first kappa shape index (κ1) is 15.8. The molecule has 0 saturated heterocycles. The summed E-state index contributed by atoms with van der Waals surface area (Å²) >= 11 is 0. The fraction of sp³-hybridized carbons (Fsp3) is 0.190. The van der Waals surface area contributed by atoms with E-state index in [-0.39, 0.29) is 18.4 Å². The molecule has 5 rings (SSSR count). The summed E-state index contributed by atoms with van der Waals surface area (Å²) in [5, 5.41) is 6.51. The Kier molecular flexibility index (Phi) is 3.57. The summed E-state index contributed by atoms with van der Waals surface area (Å²) in [6.45, 7) is -0.0237. The van der Waals surface area contributed by atoms with Gasteiger partial charge in [0.25, 0.3) is 11.8 Å². The molecule has 1 aliphatic carbocycles. The minimum absolute atomic E-state index is 0.0237. The number of amides is 2. The van der Waals surface area contributed by atoms with Gasteiger partial charge in [0.1, 0.15) is 5.75 Å². The van der Waals surface area contributed by atoms with Crippen LogP contribution < -0.4 is 15.4 Å². The summed E-state index contributed by atoms with van der Waals surface area (Å²) < 4.78 is 5.42. The van der Waals surface area contributed by atoms with Crippen LogP contribution in [0, 0.1) is 0 Å². The number of anilines is 2. The first-order valence-electron chi connectivity index (χ1n) is 8.95. The largest absolute Gasteiger partial charge is 0.482 e. The third-order valence-corrected chi connectivity index (χ3v) is 4.85. The molecule has 6 nitrogen and oxygen atoms in total. The highest BCUT2D eigenvalue weighted by molar-refractivity contribution is 6.12. The molecule has 0 bridgehead atoms. The van der Waals surface area contributed by atoms with E-state index in [4.69, 9.17) is 9.72 Å². The first-order chi connectivity index (χ1) is 13.2. The van der Waals surface area contributed by atoms with Gasteiger partial charge in [-0.2, -0.15) is 0 Å². The summed E-state index contributed by atoms with van der Waals surface area (Å²) in [4.78, 5) is 29.1. The van der Waals surface area contributed by atoms with Crippen molar-refractivity contribution in [2.45, 2.75) is 18.8 Å². The average Bonchev–Trinajstić information content (AvgIpc) is 3.52. The summed E-state index contributed by atoms with van der Waals surface area (Å²) in [5.41, 5.74) is 3.66. The number of aromatic nitrogens is 1. The van der Waals surface area contributed by atoms with Gasteiger partial charge in [0, 0.05) is 28.8 Å². The van der Waals surface area contributed by atoms with E-state index in [0.717, 1.165) is 29.4 Å². The van der Waals surface area contributed by atoms with Crippen molar-refractivity contribution < 1.29 is 14.3 Å². The van der Waals surface area contributed by atoms with Gasteiger partial charge in [0.2, 0.25) is 0 Å². The normalized spacial score (nSPS) is 15.6. The molecule has 2 N–H and O–H groups in total. The molecule has 0 unspecified atom stereocenters. The zero-order valence-corrected chi connectivity index (χ0v) is 14.5. The van der Waals surface area contributed by atoms with E-state index in [2.05, 4.69) is 10.6 Å². The van der Waals surface area contributed by atoms with Crippen molar-refractivity contribution in [3.05, 3.63) is 59.8 Å². The van der Waals surface area contributed by atoms with E-state index in [1.54, 1.807) is 18.2 Å². The first-order valence-corrected chi connectivity index (χ1v) is 8.95. The summed E-state index contributed by atoms with van der Waals surface area (Å²) in [6, 6.07) is 14.8. The number of hydrogen-bond acceptors (Lipinski definition) is 4. The quantitative estimate of drug-likeness (QED) is 0.747. The van der Waals surface area contributed by atoms with Crippen LogP contribution in [0.2, 0.25) is 0 Å². The van der Waals surface area contributed by atoms with Gasteiger partial charge in [-0.25, -0.2) is 0 Å². The number of fused-ring (bicyclic) bond motifs is 2. The number of para-hydroxylation sites is 1. The van der Waals surface area contributed by atoms with Crippen molar-refractivity contribution in [1.82, 2.24) is 4.98 Å². The fourth-order valence-electron chi connectivity index (χ4n) is 3.32. The van der Waals surface area contributed by atoms with Gasteiger partial charge >= 0.3 is 0 Å². The van der Waals surface area contributed by atoms with Crippen LogP contribution in [-0.2, 0) is 4.79 Å². The predicted octanol–water partition coefficient (Wildman–Crippen LogP) is 3.70. The monoisotopic (exact) mass is 359 g/mol. The number of carbonyl (C=O) groups excluding carboxylic acids is 2. The number of carbonyl (C=O) groups is 2. The van der Waals surface area contributed by atoms with Crippen molar-refractivity contribution in [3.63, 3.8) is 0 Å². The number of pyridine rings is 1. The van der Waals surface area contributed by atoms with E-state index in [9.17, 15) is 9.59 Å². The lowest BCUT2D eigenvalue weighted by Gasteiger charge is -2.18. The third kappa shape index (κ3) is 2.99. The predicted molar refractivity (Wildman–Crippen MR) is 102 cm³/mol. The van der Waals surface area contributed by atoms with Crippen molar-refractivity contribution in [2.75, 3.05) is 17.2 Å². The van der Waals surface area contributed by atoms with Gasteiger partial charge in [-0.3, -0.25) is 14.6 Å². The Morgan fingerprint density at radius 1 is 1.15 bits per heavy atom. The molecule has 134 valence electrons. The highest BCUT2D eigenvalue weighted by Crippen LogP contribution is 2.40. The van der Waals surface area contributed by atoms with Gasteiger partial charge in [0.15, 0.2) is 6.61 Å². The molecular formula is C21H17N3O3. The second kappa shape index (κ2) is 6.09. The molecule has 0 radical (unpaired) electrons. The van der Waals surface area contributed by atoms with Crippen molar-refractivity contribution in [3.8, 4) is 5.75 Å². The second-order valence-corrected chi connectivity index (χ2v) is 6.89. The van der Waals surface area contributed by atoms with Crippen LogP contribution in [-0.4, -0.2) is 23.4 Å². The van der Waals surface area contributed by atoms with E-state index in [1.165, 1.54) is 0 Å². The van der Waals surface area contributed by atoms with Crippen LogP contribution in [0.25, 0.3) is 10.9 Å². The Balaban J connectivity index is 1.48. The maximum atomic E-state index is 13.0. The van der Waals surface area contributed by atoms with E-state index >= 15 is 0 Å². The molecule has 0 spiro atoms. The molecule has 0 atom stereocenters. The maximum Gasteiger partial charge on any atom is 0.262 e. The van der Waals surface area contributed by atoms with Crippen LogP contribution in [0.15, 0.2) is 48.5 Å². The standard InChI is InChI=1S/C21H17N3O3/c25-20-11-27-19-9-13(7-8-17(19)24-20)22-21(26)15-10-18(12-5-6-12)23-16-4-2-1-3-14(15)16/h1-4,7-10,12H,5-6,11H2,(H,22,26)(H,24,25). The Morgan fingerprint density at radius 3 is 2.85 bits per heavy atom. The lowest BCUT2D eigenvalue weighted by atomic mass is 10.1. The lowest BCUT2D eigenvalue weighted by Crippen LogP contribution is -2.25. The lowest BCUT2D eigenvalue weighted by molar-refractivity contribution is -0.118. The number of benzene rings is 2. The summed E-state index contributed by atoms with van der Waals surface area (Å²) in [7, 11) is 0. The van der Waals surface area contributed by atoms with Crippen LogP contribution in [0.3, 0.4) is 0 Å². The molecule has 2 aromatic carbocycles. The van der Waals surface area contributed by atoms with Crippen LogP contribution in [0.4, 0.5) is 11.4 Å². The molecule has 6 heteroatoms. The topological polar surface area (TPSA) is 80.3 Å². The minimum Gasteiger partial charge on any atom is -0.482 e. The molecule has 1 aromatic heterocycles. The van der Waals surface area contributed by atoms with Crippen molar-refractivity contribution in [1.29, 1.82) is 0 Å². The Bertz CT molecular complexity index is 1090. The van der Waals surface area contributed by atoms with Crippen LogP contribution >= 0.6 is 0 Å². The molecule has 1 saturated carbocycles. The molecule has 2 amide bonds. The van der Waals surface area contributed by atoms with Crippen molar-refractivity contribution >= 4 is 34.1 Å². The molecular weight excluding hydrogens is 342 g/mol. The Labute approximate surface area is 155 Å². The summed E-state index contributed by atoms with van der Waals surface area (Å²) in [5.74, 6) is 0.637. The fourth-order valence-corrected chi connectivity index (χ4v) is 3.32. The number of rotatable bonds is 3. The zero-order valence-electron chi connectivity index (χ0n) is 14.5. The van der Waals surface area contributed by atoms with E-state index in [0.29, 0.717) is 28.6 Å². The zero-order chi connectivity index (χ0) is 18.4. The number of nitrogens with one attached hydrogen (secondary N) is 2. The second-order valence-electron chi connectivity index (χ2n) is 6.89. The molecule has 1 fully saturated rings. The van der Waals surface area contributed by atoms with E-state index < -0.39 is 0 Å². The number of ether oxygens (including phenoxy) is 1. The summed E-state index contributed by atoms with van der Waals surface area (Å²) in [6.07, 6.45) is 2.25. The average molecular weight is 359 g/mol. The molecule has 2 heterocycles. The number of nitrogens with zero attached hydrogens (tertiary/aromatic N) is 1. The highest BCUT2D eigenvalue weighted by Gasteiger charge is 2.27. The SMILES string of the molecule is O=C1COc2cc(NC(=O)c3cc(C4CC4)nc4ccccc34)ccc2N1. The Hall–Kier alpha value is -3.41. The highest BCUT2D eigenvalue weighted by atomic mass is 16.5. The van der Waals surface area contributed by atoms with Crippen molar-refractivity contribution in [2.24, 2.45) is 0 Å². The van der Waals surface area contributed by atoms with Gasteiger partial charge in [-0.1, -0.05) is 18.2 Å². The molecule has 27 heavy (non-hydrogen) atoms. The van der Waals surface area contributed by atoms with Crippen LogP contribution in [0.5, 0.6) is 5.75 Å². The van der Waals surface area contributed by atoms with Gasteiger partial charge in [0.05, 0.1) is 16.8 Å². The Morgan fingerprint density at radius 2 is 2.00 bits per heavy atom. The third-order valence-electron chi connectivity index (χ3n) is 4.85. The minimum atomic E-state index is -0.185. The molecule has 1 aliphatic heterocycles. The van der Waals surface area contributed by atoms with Gasteiger partial charge in [-0.05, 0) is 37.1 Å². The van der Waals surface area contributed by atoms with Gasteiger partial charge in [-0.15, -0.1) is 0 Å². The smallest absolute Gasteiger partial charge is 0.262 e. The maximum absolute atomic E-state index is 13.0.